The van der Waals surface area contributed by atoms with Crippen molar-refractivity contribution in [3.05, 3.63) is 59.7 Å². The number of hydrogen-bond acceptors (Lipinski definition) is 2. The molecule has 0 heterocycles. The summed E-state index contributed by atoms with van der Waals surface area (Å²) in [6, 6.07) is 8.20. The third kappa shape index (κ3) is 4.92. The second-order valence-corrected chi connectivity index (χ2v) is 4.10. The molecule has 0 saturated heterocycles. The maximum Gasteiger partial charge on any atom is 0.253 e. The van der Waals surface area contributed by atoms with Crippen LogP contribution < -0.4 is 5.32 Å². The van der Waals surface area contributed by atoms with Crippen molar-refractivity contribution in [2.75, 3.05) is 7.05 Å². The van der Waals surface area contributed by atoms with E-state index in [1.165, 1.54) is 11.8 Å². The molecule has 0 aromatic heterocycles. The molecular weight excluding hydrogens is 236 g/mol. The van der Waals surface area contributed by atoms with Gasteiger partial charge in [0, 0.05) is 19.8 Å². The van der Waals surface area contributed by atoms with Crippen LogP contribution in [0.3, 0.4) is 0 Å². The van der Waals surface area contributed by atoms with Crippen molar-refractivity contribution in [1.82, 2.24) is 5.32 Å². The summed E-state index contributed by atoms with van der Waals surface area (Å²) in [5, 5.41) is 2.87. The van der Waals surface area contributed by atoms with E-state index in [0.717, 1.165) is 12.0 Å². The van der Waals surface area contributed by atoms with Crippen molar-refractivity contribution >= 4 is 12.1 Å². The number of aryl methyl sites for hydroxylation is 1. The molecule has 1 N–H and O–H groups in total. The van der Waals surface area contributed by atoms with E-state index in [1.807, 2.05) is 12.1 Å². The van der Waals surface area contributed by atoms with Crippen LogP contribution in [0.15, 0.2) is 53.6 Å². The Balaban J connectivity index is 2.67. The van der Waals surface area contributed by atoms with E-state index in [-0.39, 0.29) is 5.91 Å². The van der Waals surface area contributed by atoms with Crippen molar-refractivity contribution in [2.24, 2.45) is 4.99 Å². The maximum absolute atomic E-state index is 11.9. The standard InChI is InChI=1S/C16H20N2O/c1-4-7-15(12-17-3)16(19)18-11-14-9-6-8-13(5-2)10-14/h4,6-10,12H,1,5,11H2,2-3H3,(H,18,19)/b15-7+,17-12?. The summed E-state index contributed by atoms with van der Waals surface area (Å²) in [6.45, 7) is 6.21. The number of carbonyl (C=O) groups excluding carboxylic acids is 1. The lowest BCUT2D eigenvalue weighted by molar-refractivity contribution is -0.117. The van der Waals surface area contributed by atoms with E-state index < -0.39 is 0 Å². The molecule has 0 unspecified atom stereocenters. The largest absolute Gasteiger partial charge is 0.348 e. The number of benzene rings is 1. The highest BCUT2D eigenvalue weighted by molar-refractivity contribution is 6.12. The first-order valence-corrected chi connectivity index (χ1v) is 6.32. The highest BCUT2D eigenvalue weighted by Crippen LogP contribution is 2.06. The van der Waals surface area contributed by atoms with Crippen LogP contribution in [0.25, 0.3) is 0 Å². The molecule has 1 aromatic rings. The first kappa shape index (κ1) is 14.9. The second-order valence-electron chi connectivity index (χ2n) is 4.10. The Morgan fingerprint density at radius 3 is 2.79 bits per heavy atom. The number of amides is 1. The second kappa shape index (κ2) is 8.03. The predicted octanol–water partition coefficient (Wildman–Crippen LogP) is 2.68. The summed E-state index contributed by atoms with van der Waals surface area (Å²) in [7, 11) is 1.63. The molecule has 0 aliphatic carbocycles. The fraction of sp³-hybridized carbons (Fsp3) is 0.250. The molecular formula is C16H20N2O. The molecule has 0 aliphatic rings. The van der Waals surface area contributed by atoms with Gasteiger partial charge >= 0.3 is 0 Å². The van der Waals surface area contributed by atoms with Crippen LogP contribution >= 0.6 is 0 Å². The number of nitrogens with zero attached hydrogens (tertiary/aromatic N) is 1. The van der Waals surface area contributed by atoms with Gasteiger partial charge in [-0.1, -0.05) is 43.8 Å². The molecule has 0 saturated carbocycles. The van der Waals surface area contributed by atoms with Crippen molar-refractivity contribution < 1.29 is 4.79 Å². The molecule has 1 amide bonds. The summed E-state index contributed by atoms with van der Waals surface area (Å²) in [6.07, 6.45) is 5.74. The Bertz CT molecular complexity index is 501. The van der Waals surface area contributed by atoms with Gasteiger partial charge in [0.05, 0.1) is 5.57 Å². The van der Waals surface area contributed by atoms with Gasteiger partial charge in [-0.25, -0.2) is 0 Å². The molecule has 3 nitrogen and oxygen atoms in total. The third-order valence-electron chi connectivity index (χ3n) is 2.68. The summed E-state index contributed by atoms with van der Waals surface area (Å²) < 4.78 is 0. The van der Waals surface area contributed by atoms with E-state index >= 15 is 0 Å². The minimum atomic E-state index is -0.146. The number of hydrogen-bond donors (Lipinski definition) is 1. The Labute approximate surface area is 114 Å². The summed E-state index contributed by atoms with van der Waals surface area (Å²) in [5.41, 5.74) is 2.87. The van der Waals surface area contributed by atoms with E-state index in [2.05, 4.69) is 35.9 Å². The molecule has 1 rings (SSSR count). The van der Waals surface area contributed by atoms with Crippen LogP contribution in [0.4, 0.5) is 0 Å². The van der Waals surface area contributed by atoms with Crippen LogP contribution in [-0.4, -0.2) is 19.2 Å². The average Bonchev–Trinajstić information content (AvgIpc) is 2.44. The monoisotopic (exact) mass is 256 g/mol. The summed E-state index contributed by atoms with van der Waals surface area (Å²) in [5.74, 6) is -0.146. The molecule has 0 radical (unpaired) electrons. The Morgan fingerprint density at radius 2 is 2.16 bits per heavy atom. The minimum absolute atomic E-state index is 0.146. The van der Waals surface area contributed by atoms with Gasteiger partial charge < -0.3 is 5.32 Å². The molecule has 19 heavy (non-hydrogen) atoms. The fourth-order valence-electron chi connectivity index (χ4n) is 1.69. The van der Waals surface area contributed by atoms with Crippen LogP contribution in [-0.2, 0) is 17.8 Å². The Morgan fingerprint density at radius 1 is 1.42 bits per heavy atom. The lowest BCUT2D eigenvalue weighted by Gasteiger charge is -2.07. The van der Waals surface area contributed by atoms with Gasteiger partial charge in [0.1, 0.15) is 0 Å². The molecule has 0 aliphatic heterocycles. The first-order chi connectivity index (χ1) is 9.21. The zero-order valence-electron chi connectivity index (χ0n) is 11.5. The molecule has 0 atom stereocenters. The highest BCUT2D eigenvalue weighted by Gasteiger charge is 2.05. The van der Waals surface area contributed by atoms with Gasteiger partial charge in [-0.2, -0.15) is 0 Å². The zero-order valence-corrected chi connectivity index (χ0v) is 11.5. The van der Waals surface area contributed by atoms with Crippen LogP contribution in [0.5, 0.6) is 0 Å². The number of rotatable bonds is 6. The molecule has 3 heteroatoms. The number of aliphatic imine (C=N–C) groups is 1. The lowest BCUT2D eigenvalue weighted by atomic mass is 10.1. The highest BCUT2D eigenvalue weighted by atomic mass is 16.1. The first-order valence-electron chi connectivity index (χ1n) is 6.32. The van der Waals surface area contributed by atoms with E-state index in [9.17, 15) is 4.79 Å². The predicted molar refractivity (Wildman–Crippen MR) is 80.4 cm³/mol. The SMILES string of the molecule is C=C/C=C(\C=NC)C(=O)NCc1cccc(CC)c1. The molecule has 0 fully saturated rings. The van der Waals surface area contributed by atoms with Crippen LogP contribution in [0, 0.1) is 0 Å². The molecule has 1 aromatic carbocycles. The van der Waals surface area contributed by atoms with Crippen molar-refractivity contribution in [3.63, 3.8) is 0 Å². The fourth-order valence-corrected chi connectivity index (χ4v) is 1.69. The van der Waals surface area contributed by atoms with Gasteiger partial charge in [0.2, 0.25) is 0 Å². The summed E-state index contributed by atoms with van der Waals surface area (Å²) >= 11 is 0. The number of allylic oxidation sites excluding steroid dienone is 2. The smallest absolute Gasteiger partial charge is 0.253 e. The van der Waals surface area contributed by atoms with Gasteiger partial charge in [-0.15, -0.1) is 0 Å². The normalized spacial score (nSPS) is 11.6. The quantitative estimate of drug-likeness (QED) is 0.474. The topological polar surface area (TPSA) is 41.5 Å². The maximum atomic E-state index is 11.9. The summed E-state index contributed by atoms with van der Waals surface area (Å²) in [4.78, 5) is 15.8. The lowest BCUT2D eigenvalue weighted by Crippen LogP contribution is -2.25. The van der Waals surface area contributed by atoms with E-state index in [4.69, 9.17) is 0 Å². The average molecular weight is 256 g/mol. The van der Waals surface area contributed by atoms with E-state index in [0.29, 0.717) is 12.1 Å². The Hall–Kier alpha value is -2.16. The van der Waals surface area contributed by atoms with Crippen molar-refractivity contribution in [1.29, 1.82) is 0 Å². The molecule has 100 valence electrons. The molecule has 0 bridgehead atoms. The van der Waals surface area contributed by atoms with Crippen molar-refractivity contribution in [3.8, 4) is 0 Å². The molecule has 0 spiro atoms. The number of nitrogens with one attached hydrogen (secondary N) is 1. The van der Waals surface area contributed by atoms with E-state index in [1.54, 1.807) is 19.2 Å². The minimum Gasteiger partial charge on any atom is -0.348 e. The Kier molecular flexibility index (Phi) is 6.30. The van der Waals surface area contributed by atoms with Gasteiger partial charge in [-0.3, -0.25) is 9.79 Å². The van der Waals surface area contributed by atoms with Gasteiger partial charge in [0.15, 0.2) is 0 Å². The van der Waals surface area contributed by atoms with Crippen LogP contribution in [0.2, 0.25) is 0 Å². The number of carbonyl (C=O) groups is 1. The van der Waals surface area contributed by atoms with Gasteiger partial charge in [-0.05, 0) is 23.6 Å². The van der Waals surface area contributed by atoms with Crippen molar-refractivity contribution in [2.45, 2.75) is 19.9 Å². The van der Waals surface area contributed by atoms with Gasteiger partial charge in [0.25, 0.3) is 5.91 Å². The third-order valence-corrected chi connectivity index (χ3v) is 2.68. The van der Waals surface area contributed by atoms with Crippen LogP contribution in [0.1, 0.15) is 18.1 Å². The zero-order chi connectivity index (χ0) is 14.1.